The standard InChI is InChI=1S/C12H14ClN3/c1-3-8-6-11(16-14)9-4-5-10(13)7(2)12(9)15-8/h4-6H,3,14H2,1-2H3,(H,15,16). The minimum absolute atomic E-state index is 0.733. The zero-order valence-electron chi connectivity index (χ0n) is 9.34. The molecule has 0 fully saturated rings. The van der Waals surface area contributed by atoms with Crippen LogP contribution in [-0.2, 0) is 6.42 Å². The Balaban J connectivity index is 2.84. The van der Waals surface area contributed by atoms with Crippen molar-refractivity contribution in [2.45, 2.75) is 20.3 Å². The fourth-order valence-corrected chi connectivity index (χ4v) is 1.91. The molecule has 0 radical (unpaired) electrons. The summed E-state index contributed by atoms with van der Waals surface area (Å²) < 4.78 is 0. The van der Waals surface area contributed by atoms with Crippen LogP contribution in [0.4, 0.5) is 5.69 Å². The Kier molecular flexibility index (Phi) is 2.99. The molecule has 2 rings (SSSR count). The highest BCUT2D eigenvalue weighted by molar-refractivity contribution is 6.32. The average Bonchev–Trinajstić information content (AvgIpc) is 2.32. The molecule has 0 aliphatic heterocycles. The molecule has 0 aliphatic rings. The lowest BCUT2D eigenvalue weighted by atomic mass is 10.1. The van der Waals surface area contributed by atoms with Crippen molar-refractivity contribution in [3.05, 3.63) is 34.5 Å². The van der Waals surface area contributed by atoms with E-state index < -0.39 is 0 Å². The van der Waals surface area contributed by atoms with Gasteiger partial charge in [0.2, 0.25) is 0 Å². The Morgan fingerprint density at radius 1 is 1.44 bits per heavy atom. The van der Waals surface area contributed by atoms with E-state index in [4.69, 9.17) is 17.4 Å². The van der Waals surface area contributed by atoms with Gasteiger partial charge in [-0.2, -0.15) is 0 Å². The highest BCUT2D eigenvalue weighted by Crippen LogP contribution is 2.29. The van der Waals surface area contributed by atoms with E-state index >= 15 is 0 Å². The first-order valence-electron chi connectivity index (χ1n) is 5.22. The third kappa shape index (κ3) is 1.72. The van der Waals surface area contributed by atoms with E-state index in [1.54, 1.807) is 0 Å². The van der Waals surface area contributed by atoms with Crippen LogP contribution in [0.1, 0.15) is 18.2 Å². The molecule has 3 N–H and O–H groups in total. The number of nitrogens with zero attached hydrogens (tertiary/aromatic N) is 1. The van der Waals surface area contributed by atoms with Crippen LogP contribution in [0.3, 0.4) is 0 Å². The van der Waals surface area contributed by atoms with Gasteiger partial charge >= 0.3 is 0 Å². The zero-order valence-corrected chi connectivity index (χ0v) is 10.1. The summed E-state index contributed by atoms with van der Waals surface area (Å²) in [5, 5.41) is 1.73. The molecule has 2 aromatic rings. The van der Waals surface area contributed by atoms with Gasteiger partial charge in [-0.3, -0.25) is 10.8 Å². The number of pyridine rings is 1. The number of aryl methyl sites for hydroxylation is 2. The molecule has 4 heteroatoms. The molecule has 0 atom stereocenters. The maximum absolute atomic E-state index is 6.09. The third-order valence-corrected chi connectivity index (χ3v) is 3.15. The van der Waals surface area contributed by atoms with Gasteiger partial charge in [-0.05, 0) is 37.1 Å². The van der Waals surface area contributed by atoms with E-state index in [0.717, 1.165) is 39.3 Å². The third-order valence-electron chi connectivity index (χ3n) is 2.74. The van der Waals surface area contributed by atoms with Crippen molar-refractivity contribution in [1.29, 1.82) is 0 Å². The Morgan fingerprint density at radius 2 is 2.19 bits per heavy atom. The second kappa shape index (κ2) is 4.28. The number of rotatable bonds is 2. The molecule has 0 bridgehead atoms. The van der Waals surface area contributed by atoms with Gasteiger partial charge in [0.1, 0.15) is 0 Å². The number of aromatic nitrogens is 1. The predicted octanol–water partition coefficient (Wildman–Crippen LogP) is 3.04. The molecule has 0 saturated heterocycles. The van der Waals surface area contributed by atoms with Gasteiger partial charge in [0.15, 0.2) is 0 Å². The minimum atomic E-state index is 0.733. The lowest BCUT2D eigenvalue weighted by molar-refractivity contribution is 1.05. The second-order valence-electron chi connectivity index (χ2n) is 3.73. The molecule has 3 nitrogen and oxygen atoms in total. The highest BCUT2D eigenvalue weighted by atomic mass is 35.5. The van der Waals surface area contributed by atoms with Crippen molar-refractivity contribution in [3.8, 4) is 0 Å². The number of nitrogens with two attached hydrogens (primary N) is 1. The van der Waals surface area contributed by atoms with Crippen molar-refractivity contribution < 1.29 is 0 Å². The SMILES string of the molecule is CCc1cc(NN)c2ccc(Cl)c(C)c2n1. The maximum Gasteiger partial charge on any atom is 0.0770 e. The lowest BCUT2D eigenvalue weighted by Gasteiger charge is -2.10. The van der Waals surface area contributed by atoms with E-state index in [0.29, 0.717) is 0 Å². The van der Waals surface area contributed by atoms with Crippen molar-refractivity contribution >= 4 is 28.2 Å². The van der Waals surface area contributed by atoms with Crippen LogP contribution in [-0.4, -0.2) is 4.98 Å². The molecule has 1 heterocycles. The quantitative estimate of drug-likeness (QED) is 0.621. The summed E-state index contributed by atoms with van der Waals surface area (Å²) in [5.74, 6) is 5.52. The summed E-state index contributed by atoms with van der Waals surface area (Å²) in [6.07, 6.45) is 0.872. The van der Waals surface area contributed by atoms with E-state index in [2.05, 4.69) is 17.3 Å². The summed E-state index contributed by atoms with van der Waals surface area (Å²) in [4.78, 5) is 4.58. The second-order valence-corrected chi connectivity index (χ2v) is 4.13. The van der Waals surface area contributed by atoms with Gasteiger partial charge < -0.3 is 5.43 Å². The smallest absolute Gasteiger partial charge is 0.0770 e. The summed E-state index contributed by atoms with van der Waals surface area (Å²) in [6, 6.07) is 5.77. The molecule has 0 spiro atoms. The van der Waals surface area contributed by atoms with Gasteiger partial charge in [0.25, 0.3) is 0 Å². The minimum Gasteiger partial charge on any atom is -0.323 e. The lowest BCUT2D eigenvalue weighted by Crippen LogP contribution is -2.08. The van der Waals surface area contributed by atoms with Crippen LogP contribution in [0, 0.1) is 6.92 Å². The highest BCUT2D eigenvalue weighted by Gasteiger charge is 2.08. The number of nitrogen functional groups attached to an aromatic ring is 1. The molecular formula is C12H14ClN3. The van der Waals surface area contributed by atoms with Crippen molar-refractivity contribution in [2.24, 2.45) is 5.84 Å². The molecule has 0 saturated carbocycles. The number of hydrogen-bond acceptors (Lipinski definition) is 3. The summed E-state index contributed by atoms with van der Waals surface area (Å²) in [5.41, 5.74) is 6.51. The first kappa shape index (κ1) is 11.2. The van der Waals surface area contributed by atoms with Crippen LogP contribution in [0.2, 0.25) is 5.02 Å². The fraction of sp³-hybridized carbons (Fsp3) is 0.250. The van der Waals surface area contributed by atoms with Crippen LogP contribution >= 0.6 is 11.6 Å². The van der Waals surface area contributed by atoms with Crippen molar-refractivity contribution in [2.75, 3.05) is 5.43 Å². The monoisotopic (exact) mass is 235 g/mol. The first-order valence-corrected chi connectivity index (χ1v) is 5.60. The normalized spacial score (nSPS) is 10.8. The number of fused-ring (bicyclic) bond motifs is 1. The largest absolute Gasteiger partial charge is 0.323 e. The van der Waals surface area contributed by atoms with E-state index in [9.17, 15) is 0 Å². The van der Waals surface area contributed by atoms with E-state index in [-0.39, 0.29) is 0 Å². The summed E-state index contributed by atoms with van der Waals surface area (Å²) >= 11 is 6.09. The molecule has 1 aromatic carbocycles. The molecular weight excluding hydrogens is 222 g/mol. The number of hydrogen-bond donors (Lipinski definition) is 2. The molecule has 0 aliphatic carbocycles. The van der Waals surface area contributed by atoms with Gasteiger partial charge in [-0.25, -0.2) is 0 Å². The predicted molar refractivity (Wildman–Crippen MR) is 68.7 cm³/mol. The van der Waals surface area contributed by atoms with Crippen LogP contribution in [0.15, 0.2) is 18.2 Å². The first-order chi connectivity index (χ1) is 7.67. The van der Waals surface area contributed by atoms with Gasteiger partial charge in [0, 0.05) is 16.1 Å². The Hall–Kier alpha value is -1.32. The molecule has 0 unspecified atom stereocenters. The van der Waals surface area contributed by atoms with Crippen LogP contribution in [0.25, 0.3) is 10.9 Å². The number of halogens is 1. The van der Waals surface area contributed by atoms with Gasteiger partial charge in [-0.15, -0.1) is 0 Å². The number of nitrogens with one attached hydrogen (secondary N) is 1. The molecule has 84 valence electrons. The van der Waals surface area contributed by atoms with Gasteiger partial charge in [-0.1, -0.05) is 18.5 Å². The van der Waals surface area contributed by atoms with E-state index in [1.807, 2.05) is 25.1 Å². The maximum atomic E-state index is 6.09. The fourth-order valence-electron chi connectivity index (χ4n) is 1.76. The van der Waals surface area contributed by atoms with Crippen LogP contribution < -0.4 is 11.3 Å². The molecule has 1 aromatic heterocycles. The van der Waals surface area contributed by atoms with Gasteiger partial charge in [0.05, 0.1) is 11.2 Å². The van der Waals surface area contributed by atoms with E-state index in [1.165, 1.54) is 0 Å². The number of hydrazine groups is 1. The van der Waals surface area contributed by atoms with Crippen LogP contribution in [0.5, 0.6) is 0 Å². The van der Waals surface area contributed by atoms with Crippen molar-refractivity contribution in [1.82, 2.24) is 4.98 Å². The average molecular weight is 236 g/mol. The summed E-state index contributed by atoms with van der Waals surface area (Å²) in [6.45, 7) is 4.03. The number of benzene rings is 1. The Labute approximate surface area is 99.6 Å². The molecule has 16 heavy (non-hydrogen) atoms. The Morgan fingerprint density at radius 3 is 2.81 bits per heavy atom. The number of anilines is 1. The summed E-state index contributed by atoms with van der Waals surface area (Å²) in [7, 11) is 0. The molecule has 0 amide bonds. The Bertz CT molecular complexity index is 537. The topological polar surface area (TPSA) is 50.9 Å². The van der Waals surface area contributed by atoms with Crippen molar-refractivity contribution in [3.63, 3.8) is 0 Å². The zero-order chi connectivity index (χ0) is 11.7.